The average molecular weight is 440 g/mol. The third-order valence-corrected chi connectivity index (χ3v) is 5.64. The molecule has 4 rings (SSSR count). The summed E-state index contributed by atoms with van der Waals surface area (Å²) in [5.41, 5.74) is 2.30. The number of amides is 1. The molecule has 8 heteroatoms. The number of aromatic nitrogens is 2. The molecule has 30 heavy (non-hydrogen) atoms. The highest BCUT2D eigenvalue weighted by atomic mass is 35.5. The van der Waals surface area contributed by atoms with Gasteiger partial charge in [-0.2, -0.15) is 5.10 Å². The van der Waals surface area contributed by atoms with Crippen LogP contribution in [0.5, 0.6) is 11.5 Å². The molecule has 152 valence electrons. The van der Waals surface area contributed by atoms with E-state index in [4.69, 9.17) is 21.1 Å². The van der Waals surface area contributed by atoms with Crippen molar-refractivity contribution in [3.8, 4) is 27.8 Å². The topological polar surface area (TPSA) is 65.4 Å². The molecular weight excluding hydrogens is 422 g/mol. The first kappa shape index (κ1) is 20.0. The molecule has 0 saturated heterocycles. The summed E-state index contributed by atoms with van der Waals surface area (Å²) >= 11 is 7.90. The molecule has 0 radical (unpaired) electrons. The summed E-state index contributed by atoms with van der Waals surface area (Å²) in [6, 6.07) is 18.4. The van der Waals surface area contributed by atoms with Crippen LogP contribution < -0.4 is 14.8 Å². The van der Waals surface area contributed by atoms with Crippen molar-refractivity contribution in [3.63, 3.8) is 0 Å². The predicted octanol–water partition coefficient (Wildman–Crippen LogP) is 5.52. The first-order valence-electron chi connectivity index (χ1n) is 9.03. The van der Waals surface area contributed by atoms with E-state index in [2.05, 4.69) is 10.4 Å². The minimum Gasteiger partial charge on any atom is -0.493 e. The SMILES string of the molecule is COc1cc(Cl)c(NC(=O)c2cc(-c3cccs3)nn2-c2ccccc2)cc1OC. The number of hydrogen-bond acceptors (Lipinski definition) is 5. The van der Waals surface area contributed by atoms with Crippen molar-refractivity contribution >= 4 is 34.5 Å². The van der Waals surface area contributed by atoms with Crippen molar-refractivity contribution in [1.29, 1.82) is 0 Å². The molecule has 0 spiro atoms. The maximum Gasteiger partial charge on any atom is 0.274 e. The fourth-order valence-corrected chi connectivity index (χ4v) is 3.87. The van der Waals surface area contributed by atoms with E-state index in [0.717, 1.165) is 16.3 Å². The number of nitrogens with one attached hydrogen (secondary N) is 1. The van der Waals surface area contributed by atoms with Gasteiger partial charge in [-0.3, -0.25) is 4.79 Å². The zero-order valence-corrected chi connectivity index (χ0v) is 17.8. The number of anilines is 1. The molecule has 0 saturated carbocycles. The normalized spacial score (nSPS) is 10.6. The van der Waals surface area contributed by atoms with Crippen molar-refractivity contribution in [2.75, 3.05) is 19.5 Å². The number of nitrogens with zero attached hydrogens (tertiary/aromatic N) is 2. The fourth-order valence-electron chi connectivity index (χ4n) is 2.99. The van der Waals surface area contributed by atoms with Crippen molar-refractivity contribution in [2.24, 2.45) is 0 Å². The summed E-state index contributed by atoms with van der Waals surface area (Å²) in [7, 11) is 3.05. The lowest BCUT2D eigenvalue weighted by atomic mass is 10.2. The Labute approximate surface area is 182 Å². The summed E-state index contributed by atoms with van der Waals surface area (Å²) < 4.78 is 12.2. The van der Waals surface area contributed by atoms with Gasteiger partial charge in [0.15, 0.2) is 11.5 Å². The van der Waals surface area contributed by atoms with E-state index in [-0.39, 0.29) is 5.91 Å². The highest BCUT2D eigenvalue weighted by Gasteiger charge is 2.20. The van der Waals surface area contributed by atoms with Crippen LogP contribution in [0.4, 0.5) is 5.69 Å². The van der Waals surface area contributed by atoms with Crippen LogP contribution in [0.1, 0.15) is 10.5 Å². The largest absolute Gasteiger partial charge is 0.493 e. The summed E-state index contributed by atoms with van der Waals surface area (Å²) in [6.07, 6.45) is 0. The number of carbonyl (C=O) groups excluding carboxylic acids is 1. The van der Waals surface area contributed by atoms with E-state index in [1.807, 2.05) is 47.8 Å². The standard InChI is InChI=1S/C22H18ClN3O3S/c1-28-19-11-15(23)16(13-20(19)29-2)24-22(27)18-12-17(21-9-6-10-30-21)25-26(18)14-7-4-3-5-8-14/h3-13H,1-2H3,(H,24,27). The molecule has 0 aliphatic heterocycles. The number of benzene rings is 2. The minimum absolute atomic E-state index is 0.338. The average Bonchev–Trinajstić information content (AvgIpc) is 3.45. The van der Waals surface area contributed by atoms with Gasteiger partial charge in [0.25, 0.3) is 5.91 Å². The molecule has 0 atom stereocenters. The molecule has 1 amide bonds. The second-order valence-corrected chi connectivity index (χ2v) is 7.64. The molecule has 2 aromatic carbocycles. The monoisotopic (exact) mass is 439 g/mol. The van der Waals surface area contributed by atoms with Gasteiger partial charge in [0.05, 0.1) is 35.5 Å². The van der Waals surface area contributed by atoms with Crippen LogP contribution in [0.2, 0.25) is 5.02 Å². The fraction of sp³-hybridized carbons (Fsp3) is 0.0909. The summed E-state index contributed by atoms with van der Waals surface area (Å²) in [6.45, 7) is 0. The zero-order valence-electron chi connectivity index (χ0n) is 16.3. The molecule has 2 heterocycles. The number of halogens is 1. The Kier molecular flexibility index (Phi) is 5.74. The third kappa shape index (κ3) is 3.90. The van der Waals surface area contributed by atoms with Crippen molar-refractivity contribution in [1.82, 2.24) is 9.78 Å². The zero-order chi connectivity index (χ0) is 21.1. The number of ether oxygens (including phenoxy) is 2. The smallest absolute Gasteiger partial charge is 0.274 e. The maximum atomic E-state index is 13.2. The van der Waals surface area contributed by atoms with Gasteiger partial charge in [-0.15, -0.1) is 11.3 Å². The van der Waals surface area contributed by atoms with Crippen LogP contribution in [-0.2, 0) is 0 Å². The van der Waals surface area contributed by atoms with E-state index < -0.39 is 0 Å². The quantitative estimate of drug-likeness (QED) is 0.429. The van der Waals surface area contributed by atoms with E-state index in [0.29, 0.717) is 27.9 Å². The third-order valence-electron chi connectivity index (χ3n) is 4.44. The molecule has 4 aromatic rings. The molecule has 0 aliphatic carbocycles. The van der Waals surface area contributed by atoms with Crippen LogP contribution >= 0.6 is 22.9 Å². The molecule has 1 N–H and O–H groups in total. The maximum absolute atomic E-state index is 13.2. The summed E-state index contributed by atoms with van der Waals surface area (Å²) in [5, 5.41) is 9.83. The molecule has 0 unspecified atom stereocenters. The Morgan fingerprint density at radius 1 is 1.03 bits per heavy atom. The summed E-state index contributed by atoms with van der Waals surface area (Å²) in [5.74, 6) is 0.603. The second kappa shape index (κ2) is 8.61. The Hall–Kier alpha value is -3.29. The van der Waals surface area contributed by atoms with Crippen molar-refractivity contribution in [2.45, 2.75) is 0 Å². The van der Waals surface area contributed by atoms with Gasteiger partial charge in [-0.25, -0.2) is 4.68 Å². The van der Waals surface area contributed by atoms with Crippen LogP contribution in [0.15, 0.2) is 66.0 Å². The van der Waals surface area contributed by atoms with Gasteiger partial charge < -0.3 is 14.8 Å². The van der Waals surface area contributed by atoms with Gasteiger partial charge in [0, 0.05) is 12.1 Å². The minimum atomic E-state index is -0.344. The van der Waals surface area contributed by atoms with Crippen LogP contribution in [0.25, 0.3) is 16.3 Å². The number of methoxy groups -OCH3 is 2. The Bertz CT molecular complexity index is 1170. The lowest BCUT2D eigenvalue weighted by Crippen LogP contribution is -2.17. The van der Waals surface area contributed by atoms with E-state index in [1.165, 1.54) is 14.2 Å². The Balaban J connectivity index is 1.74. The number of para-hydroxylation sites is 1. The molecular formula is C22H18ClN3O3S. The Morgan fingerprint density at radius 2 is 1.77 bits per heavy atom. The van der Waals surface area contributed by atoms with E-state index in [9.17, 15) is 4.79 Å². The number of carbonyl (C=O) groups is 1. The van der Waals surface area contributed by atoms with Gasteiger partial charge >= 0.3 is 0 Å². The first-order valence-corrected chi connectivity index (χ1v) is 10.3. The van der Waals surface area contributed by atoms with Gasteiger partial charge in [-0.1, -0.05) is 35.9 Å². The lowest BCUT2D eigenvalue weighted by molar-refractivity contribution is 0.101. The molecule has 0 bridgehead atoms. The van der Waals surface area contributed by atoms with Crippen LogP contribution in [0.3, 0.4) is 0 Å². The number of rotatable bonds is 6. The second-order valence-electron chi connectivity index (χ2n) is 6.28. The predicted molar refractivity (Wildman–Crippen MR) is 119 cm³/mol. The molecule has 0 fully saturated rings. The number of hydrogen-bond donors (Lipinski definition) is 1. The highest BCUT2D eigenvalue weighted by Crippen LogP contribution is 2.36. The first-order chi connectivity index (χ1) is 14.6. The van der Waals surface area contributed by atoms with Gasteiger partial charge in [0.2, 0.25) is 0 Å². The van der Waals surface area contributed by atoms with E-state index in [1.54, 1.807) is 34.2 Å². The number of thiophene rings is 1. The lowest BCUT2D eigenvalue weighted by Gasteiger charge is -2.13. The van der Waals surface area contributed by atoms with E-state index >= 15 is 0 Å². The summed E-state index contributed by atoms with van der Waals surface area (Å²) in [4.78, 5) is 14.2. The van der Waals surface area contributed by atoms with Crippen LogP contribution in [0, 0.1) is 0 Å². The highest BCUT2D eigenvalue weighted by molar-refractivity contribution is 7.13. The van der Waals surface area contributed by atoms with Crippen molar-refractivity contribution in [3.05, 3.63) is 76.8 Å². The van der Waals surface area contributed by atoms with Crippen molar-refractivity contribution < 1.29 is 14.3 Å². The Morgan fingerprint density at radius 3 is 2.43 bits per heavy atom. The van der Waals surface area contributed by atoms with Gasteiger partial charge in [-0.05, 0) is 29.6 Å². The molecule has 6 nitrogen and oxygen atoms in total. The van der Waals surface area contributed by atoms with Gasteiger partial charge in [0.1, 0.15) is 11.4 Å². The molecule has 0 aliphatic rings. The van der Waals surface area contributed by atoms with Crippen LogP contribution in [-0.4, -0.2) is 29.9 Å². The molecule has 2 aromatic heterocycles.